The third-order valence-electron chi connectivity index (χ3n) is 2.11. The van der Waals surface area contributed by atoms with Gasteiger partial charge in [-0.15, -0.1) is 0 Å². The molecule has 0 bridgehead atoms. The van der Waals surface area contributed by atoms with Crippen LogP contribution in [0, 0.1) is 0 Å². The predicted octanol–water partition coefficient (Wildman–Crippen LogP) is -1.82. The summed E-state index contributed by atoms with van der Waals surface area (Å²) in [7, 11) is 0. The Balaban J connectivity index is 0.00000162. The first-order valence-electron chi connectivity index (χ1n) is 4.63. The number of hydrogen-bond donors (Lipinski definition) is 1. The number of aromatic carboxylic acids is 1. The summed E-state index contributed by atoms with van der Waals surface area (Å²) >= 11 is 5.89. The monoisotopic (exact) mass is 287 g/mol. The molecule has 0 spiro atoms. The van der Waals surface area contributed by atoms with Crippen LogP contribution in [0.3, 0.4) is 0 Å². The van der Waals surface area contributed by atoms with Crippen LogP contribution in [-0.4, -0.2) is 16.2 Å². The van der Waals surface area contributed by atoms with Gasteiger partial charge in [-0.1, -0.05) is 36.5 Å². The smallest absolute Gasteiger partial charge is 0.545 e. The maximum atomic E-state index is 11.1. The van der Waals surface area contributed by atoms with Crippen LogP contribution in [0.15, 0.2) is 29.2 Å². The molecule has 0 saturated carbocycles. The maximum Gasteiger partial charge on any atom is 1.00 e. The molecule has 0 radical (unpaired) electrons. The van der Waals surface area contributed by atoms with Crippen molar-refractivity contribution in [1.82, 2.24) is 5.32 Å². The van der Waals surface area contributed by atoms with E-state index in [-0.39, 0.29) is 40.4 Å². The molecule has 1 fully saturated rings. The van der Waals surface area contributed by atoms with Gasteiger partial charge in [-0.25, -0.2) is 0 Å². The van der Waals surface area contributed by atoms with Gasteiger partial charge in [0, 0.05) is 5.56 Å². The van der Waals surface area contributed by atoms with Crippen LogP contribution in [0.25, 0.3) is 6.08 Å². The van der Waals surface area contributed by atoms with Gasteiger partial charge < -0.3 is 15.2 Å². The summed E-state index contributed by atoms with van der Waals surface area (Å²) in [6, 6.07) is 6.39. The van der Waals surface area contributed by atoms with E-state index < -0.39 is 5.97 Å². The van der Waals surface area contributed by atoms with E-state index in [4.69, 9.17) is 12.2 Å². The number of thiocarbonyl (C=S) groups is 1. The Morgan fingerprint density at radius 3 is 2.61 bits per heavy atom. The molecule has 0 aliphatic carbocycles. The summed E-state index contributed by atoms with van der Waals surface area (Å²) in [5.41, 5.74) is 0.539. The van der Waals surface area contributed by atoms with Gasteiger partial charge in [0.05, 0.1) is 10.9 Å². The molecule has 2 rings (SSSR count). The van der Waals surface area contributed by atoms with E-state index in [2.05, 4.69) is 5.32 Å². The van der Waals surface area contributed by atoms with Crippen LogP contribution in [0.1, 0.15) is 15.9 Å². The molecule has 1 heterocycles. The number of thioether (sulfide) groups is 1. The molecule has 1 aromatic rings. The molecule has 18 heavy (non-hydrogen) atoms. The van der Waals surface area contributed by atoms with Gasteiger partial charge >= 0.3 is 29.6 Å². The van der Waals surface area contributed by atoms with Crippen LogP contribution in [-0.2, 0) is 0 Å². The first kappa shape index (κ1) is 15.4. The van der Waals surface area contributed by atoms with Crippen LogP contribution in [0.5, 0.6) is 0 Å². The molecule has 4 nitrogen and oxygen atoms in total. The Morgan fingerprint density at radius 2 is 2.06 bits per heavy atom. The van der Waals surface area contributed by atoms with Crippen molar-refractivity contribution < 1.29 is 44.3 Å². The Hall–Kier alpha value is -0.660. The Bertz CT molecular complexity index is 557. The second kappa shape index (κ2) is 6.49. The Kier molecular flexibility index (Phi) is 5.55. The van der Waals surface area contributed by atoms with E-state index in [0.29, 0.717) is 15.5 Å². The summed E-state index contributed by atoms with van der Waals surface area (Å²) in [6.45, 7) is 0. The number of hydrogen-bond acceptors (Lipinski definition) is 5. The first-order chi connectivity index (χ1) is 8.08. The zero-order valence-corrected chi connectivity index (χ0v) is 13.1. The SMILES string of the molecule is O=C1NC(=S)/C(=C/c2ccccc2C(=O)[O-])S1.[Na+]. The minimum Gasteiger partial charge on any atom is -0.545 e. The van der Waals surface area contributed by atoms with Crippen molar-refractivity contribution in [3.63, 3.8) is 0 Å². The number of carbonyl (C=O) groups excluding carboxylic acids is 2. The predicted molar refractivity (Wildman–Crippen MR) is 67.5 cm³/mol. The average Bonchev–Trinajstić information content (AvgIpc) is 2.58. The van der Waals surface area contributed by atoms with Gasteiger partial charge in [-0.2, -0.15) is 0 Å². The largest absolute Gasteiger partial charge is 1.00 e. The number of carboxylic acids is 1. The van der Waals surface area contributed by atoms with Crippen molar-refractivity contribution >= 4 is 46.3 Å². The third kappa shape index (κ3) is 3.43. The number of carboxylic acid groups (broad SMARTS) is 1. The Labute approximate surface area is 135 Å². The fraction of sp³-hybridized carbons (Fsp3) is 0. The Morgan fingerprint density at radius 1 is 1.39 bits per heavy atom. The van der Waals surface area contributed by atoms with Gasteiger partial charge in [0.2, 0.25) is 0 Å². The number of carbonyl (C=O) groups is 2. The van der Waals surface area contributed by atoms with Crippen molar-refractivity contribution in [2.45, 2.75) is 0 Å². The van der Waals surface area contributed by atoms with E-state index >= 15 is 0 Å². The van der Waals surface area contributed by atoms with E-state index in [0.717, 1.165) is 11.8 Å². The quantitative estimate of drug-likeness (QED) is 0.394. The van der Waals surface area contributed by atoms with Crippen molar-refractivity contribution in [3.05, 3.63) is 40.3 Å². The summed E-state index contributed by atoms with van der Waals surface area (Å²) < 4.78 is 0. The molecule has 0 atom stereocenters. The fourth-order valence-electron chi connectivity index (χ4n) is 1.37. The van der Waals surface area contributed by atoms with E-state index in [1.165, 1.54) is 6.07 Å². The summed E-state index contributed by atoms with van der Waals surface area (Å²) in [6.07, 6.45) is 1.57. The molecule has 1 amide bonds. The zero-order chi connectivity index (χ0) is 12.4. The van der Waals surface area contributed by atoms with Crippen LogP contribution in [0.4, 0.5) is 4.79 Å². The van der Waals surface area contributed by atoms with E-state index in [9.17, 15) is 14.7 Å². The molecule has 7 heteroatoms. The molecular weight excluding hydrogens is 281 g/mol. The summed E-state index contributed by atoms with van der Waals surface area (Å²) in [5.74, 6) is -1.26. The molecule has 1 N–H and O–H groups in total. The molecule has 1 aliphatic heterocycles. The fourth-order valence-corrected chi connectivity index (χ4v) is 2.39. The topological polar surface area (TPSA) is 69.2 Å². The van der Waals surface area contributed by atoms with Gasteiger partial charge in [-0.05, 0) is 23.4 Å². The second-order valence-electron chi connectivity index (χ2n) is 3.23. The molecule has 1 aliphatic rings. The number of rotatable bonds is 2. The standard InChI is InChI=1S/C11H7NO3S2.Na/c13-10(14)7-4-2-1-3-6(7)5-8-9(16)12-11(15)17-8;/h1-5H,(H,13,14)(H,12,15,16);/q;+1/p-1/b8-5-;. The summed E-state index contributed by atoms with van der Waals surface area (Å²) in [5, 5.41) is 13.1. The molecule has 0 unspecified atom stereocenters. The third-order valence-corrected chi connectivity index (χ3v) is 3.39. The maximum absolute atomic E-state index is 11.1. The minimum absolute atomic E-state index is 0. The van der Waals surface area contributed by atoms with Crippen molar-refractivity contribution in [1.29, 1.82) is 0 Å². The molecular formula is C11H6NNaO3S2. The van der Waals surface area contributed by atoms with Gasteiger partial charge in [0.15, 0.2) is 0 Å². The minimum atomic E-state index is -1.26. The van der Waals surface area contributed by atoms with E-state index in [1.54, 1.807) is 24.3 Å². The van der Waals surface area contributed by atoms with Crippen molar-refractivity contribution in [2.24, 2.45) is 0 Å². The second-order valence-corrected chi connectivity index (χ2v) is 4.65. The van der Waals surface area contributed by atoms with Gasteiger partial charge in [0.1, 0.15) is 4.99 Å². The number of benzene rings is 1. The van der Waals surface area contributed by atoms with Crippen LogP contribution >= 0.6 is 24.0 Å². The summed E-state index contributed by atoms with van der Waals surface area (Å²) in [4.78, 5) is 22.8. The van der Waals surface area contributed by atoms with Crippen LogP contribution in [0.2, 0.25) is 0 Å². The molecule has 86 valence electrons. The van der Waals surface area contributed by atoms with Crippen molar-refractivity contribution in [3.8, 4) is 0 Å². The molecule has 1 saturated heterocycles. The van der Waals surface area contributed by atoms with Gasteiger partial charge in [-0.3, -0.25) is 4.79 Å². The molecule has 1 aromatic carbocycles. The number of nitrogens with one attached hydrogen (secondary N) is 1. The average molecular weight is 287 g/mol. The van der Waals surface area contributed by atoms with E-state index in [1.807, 2.05) is 0 Å². The normalized spacial score (nSPS) is 16.3. The van der Waals surface area contributed by atoms with Gasteiger partial charge in [0.25, 0.3) is 5.24 Å². The zero-order valence-electron chi connectivity index (χ0n) is 9.43. The van der Waals surface area contributed by atoms with Crippen molar-refractivity contribution in [2.75, 3.05) is 0 Å². The number of amides is 1. The van der Waals surface area contributed by atoms with Crippen LogP contribution < -0.4 is 40.0 Å². The first-order valence-corrected chi connectivity index (χ1v) is 5.85. The molecule has 0 aromatic heterocycles.